The average molecular weight is 301 g/mol. The molecule has 0 bridgehead atoms. The molecule has 0 radical (unpaired) electrons. The standard InChI is InChI=1S/C21H19NO/c22-21(23)15-20(18-9-5-2-6-10-18)19-13-11-17(12-14-19)16-7-3-1-4-8-16/h1-14,20H,15H2,(H2,22,23). The van der Waals surface area contributed by atoms with Crippen LogP contribution in [0.1, 0.15) is 23.5 Å². The Morgan fingerprint density at radius 1 is 0.696 bits per heavy atom. The summed E-state index contributed by atoms with van der Waals surface area (Å²) in [4.78, 5) is 11.5. The van der Waals surface area contributed by atoms with Crippen molar-refractivity contribution in [3.63, 3.8) is 0 Å². The molecular formula is C21H19NO. The van der Waals surface area contributed by atoms with Gasteiger partial charge in [-0.25, -0.2) is 0 Å². The Bertz CT molecular complexity index is 764. The maximum Gasteiger partial charge on any atom is 0.218 e. The maximum absolute atomic E-state index is 11.5. The van der Waals surface area contributed by atoms with E-state index in [1.807, 2.05) is 48.5 Å². The summed E-state index contributed by atoms with van der Waals surface area (Å²) in [5.41, 5.74) is 10.0. The Morgan fingerprint density at radius 3 is 1.74 bits per heavy atom. The number of nitrogens with two attached hydrogens (primary N) is 1. The normalized spacial score (nSPS) is 11.8. The fraction of sp³-hybridized carbons (Fsp3) is 0.0952. The van der Waals surface area contributed by atoms with Gasteiger partial charge in [0.05, 0.1) is 0 Å². The van der Waals surface area contributed by atoms with E-state index < -0.39 is 0 Å². The van der Waals surface area contributed by atoms with Gasteiger partial charge in [0, 0.05) is 12.3 Å². The number of hydrogen-bond acceptors (Lipinski definition) is 1. The predicted molar refractivity (Wildman–Crippen MR) is 94.0 cm³/mol. The van der Waals surface area contributed by atoms with Crippen LogP contribution in [0.5, 0.6) is 0 Å². The van der Waals surface area contributed by atoms with E-state index in [0.29, 0.717) is 6.42 Å². The molecule has 2 nitrogen and oxygen atoms in total. The molecular weight excluding hydrogens is 282 g/mol. The molecule has 3 rings (SSSR count). The molecule has 1 amide bonds. The molecule has 2 heteroatoms. The zero-order valence-corrected chi connectivity index (χ0v) is 12.9. The Morgan fingerprint density at radius 2 is 1.17 bits per heavy atom. The van der Waals surface area contributed by atoms with E-state index in [9.17, 15) is 4.79 Å². The summed E-state index contributed by atoms with van der Waals surface area (Å²) in [6.45, 7) is 0. The van der Waals surface area contributed by atoms with Gasteiger partial charge in [0.15, 0.2) is 0 Å². The van der Waals surface area contributed by atoms with E-state index >= 15 is 0 Å². The molecule has 0 spiro atoms. The van der Waals surface area contributed by atoms with E-state index in [1.54, 1.807) is 0 Å². The topological polar surface area (TPSA) is 43.1 Å². The summed E-state index contributed by atoms with van der Waals surface area (Å²) in [7, 11) is 0. The highest BCUT2D eigenvalue weighted by atomic mass is 16.1. The largest absolute Gasteiger partial charge is 0.370 e. The van der Waals surface area contributed by atoms with Gasteiger partial charge in [0.2, 0.25) is 5.91 Å². The van der Waals surface area contributed by atoms with Gasteiger partial charge in [-0.05, 0) is 22.3 Å². The second kappa shape index (κ2) is 6.93. The molecule has 23 heavy (non-hydrogen) atoms. The van der Waals surface area contributed by atoms with E-state index in [0.717, 1.165) is 11.1 Å². The molecule has 3 aromatic carbocycles. The van der Waals surface area contributed by atoms with Crippen LogP contribution < -0.4 is 5.73 Å². The minimum absolute atomic E-state index is 0.00137. The van der Waals surface area contributed by atoms with Gasteiger partial charge in [-0.15, -0.1) is 0 Å². The number of carbonyl (C=O) groups excluding carboxylic acids is 1. The maximum atomic E-state index is 11.5. The molecule has 1 unspecified atom stereocenters. The highest BCUT2D eigenvalue weighted by molar-refractivity contribution is 5.75. The third kappa shape index (κ3) is 3.67. The minimum atomic E-state index is -0.286. The molecule has 0 fully saturated rings. The van der Waals surface area contributed by atoms with Gasteiger partial charge in [0.1, 0.15) is 0 Å². The second-order valence-electron chi connectivity index (χ2n) is 5.62. The van der Waals surface area contributed by atoms with Gasteiger partial charge in [0.25, 0.3) is 0 Å². The zero-order chi connectivity index (χ0) is 16.1. The number of benzene rings is 3. The molecule has 0 saturated carbocycles. The SMILES string of the molecule is NC(=O)CC(c1ccccc1)c1ccc(-c2ccccc2)cc1. The Kier molecular flexibility index (Phi) is 4.53. The van der Waals surface area contributed by atoms with Crippen LogP contribution in [-0.2, 0) is 4.79 Å². The second-order valence-corrected chi connectivity index (χ2v) is 5.62. The smallest absolute Gasteiger partial charge is 0.218 e. The first kappa shape index (κ1) is 15.0. The lowest BCUT2D eigenvalue weighted by molar-refractivity contribution is -0.118. The fourth-order valence-electron chi connectivity index (χ4n) is 2.85. The minimum Gasteiger partial charge on any atom is -0.370 e. The summed E-state index contributed by atoms with van der Waals surface area (Å²) >= 11 is 0. The fourth-order valence-corrected chi connectivity index (χ4v) is 2.85. The van der Waals surface area contributed by atoms with Crippen molar-refractivity contribution in [1.29, 1.82) is 0 Å². The van der Waals surface area contributed by atoms with Gasteiger partial charge in [-0.3, -0.25) is 4.79 Å². The molecule has 0 aliphatic rings. The van der Waals surface area contributed by atoms with Crippen molar-refractivity contribution >= 4 is 5.91 Å². The first-order valence-electron chi connectivity index (χ1n) is 7.72. The summed E-state index contributed by atoms with van der Waals surface area (Å²) in [5.74, 6) is -0.287. The summed E-state index contributed by atoms with van der Waals surface area (Å²) in [6, 6.07) is 28.7. The number of carbonyl (C=O) groups is 1. The van der Waals surface area contributed by atoms with Gasteiger partial charge < -0.3 is 5.73 Å². The summed E-state index contributed by atoms with van der Waals surface area (Å²) in [5, 5.41) is 0. The highest BCUT2D eigenvalue weighted by Gasteiger charge is 2.16. The summed E-state index contributed by atoms with van der Waals surface area (Å²) in [6.07, 6.45) is 0.314. The van der Waals surface area contributed by atoms with Gasteiger partial charge in [-0.1, -0.05) is 84.9 Å². The van der Waals surface area contributed by atoms with Crippen molar-refractivity contribution < 1.29 is 4.79 Å². The van der Waals surface area contributed by atoms with Crippen LogP contribution in [0.4, 0.5) is 0 Å². The first-order valence-corrected chi connectivity index (χ1v) is 7.72. The van der Waals surface area contributed by atoms with Crippen LogP contribution in [0.3, 0.4) is 0 Å². The van der Waals surface area contributed by atoms with E-state index in [4.69, 9.17) is 5.73 Å². The van der Waals surface area contributed by atoms with Crippen molar-refractivity contribution in [2.75, 3.05) is 0 Å². The third-order valence-electron chi connectivity index (χ3n) is 4.03. The van der Waals surface area contributed by atoms with Gasteiger partial charge >= 0.3 is 0 Å². The van der Waals surface area contributed by atoms with Crippen molar-refractivity contribution in [1.82, 2.24) is 0 Å². The quantitative estimate of drug-likeness (QED) is 0.747. The molecule has 0 aromatic heterocycles. The van der Waals surface area contributed by atoms with Crippen molar-refractivity contribution in [2.24, 2.45) is 5.73 Å². The van der Waals surface area contributed by atoms with Crippen LogP contribution in [-0.4, -0.2) is 5.91 Å². The van der Waals surface area contributed by atoms with Crippen molar-refractivity contribution in [3.05, 3.63) is 96.1 Å². The van der Waals surface area contributed by atoms with E-state index in [1.165, 1.54) is 11.1 Å². The van der Waals surface area contributed by atoms with Crippen LogP contribution in [0.25, 0.3) is 11.1 Å². The molecule has 114 valence electrons. The molecule has 0 aliphatic carbocycles. The number of primary amides is 1. The molecule has 0 heterocycles. The number of rotatable bonds is 5. The summed E-state index contributed by atoms with van der Waals surface area (Å²) < 4.78 is 0. The molecule has 1 atom stereocenters. The number of hydrogen-bond donors (Lipinski definition) is 1. The lowest BCUT2D eigenvalue weighted by atomic mass is 9.87. The zero-order valence-electron chi connectivity index (χ0n) is 12.9. The van der Waals surface area contributed by atoms with Crippen LogP contribution >= 0.6 is 0 Å². The van der Waals surface area contributed by atoms with Crippen molar-refractivity contribution in [2.45, 2.75) is 12.3 Å². The first-order chi connectivity index (χ1) is 11.2. The number of amides is 1. The Hall–Kier alpha value is -2.87. The highest BCUT2D eigenvalue weighted by Crippen LogP contribution is 2.29. The average Bonchev–Trinajstić information content (AvgIpc) is 2.61. The van der Waals surface area contributed by atoms with E-state index in [-0.39, 0.29) is 11.8 Å². The Labute approximate surface area is 136 Å². The van der Waals surface area contributed by atoms with Crippen LogP contribution in [0.15, 0.2) is 84.9 Å². The predicted octanol–water partition coefficient (Wildman–Crippen LogP) is 4.36. The van der Waals surface area contributed by atoms with E-state index in [2.05, 4.69) is 36.4 Å². The third-order valence-corrected chi connectivity index (χ3v) is 4.03. The van der Waals surface area contributed by atoms with Crippen LogP contribution in [0.2, 0.25) is 0 Å². The molecule has 2 N–H and O–H groups in total. The monoisotopic (exact) mass is 301 g/mol. The van der Waals surface area contributed by atoms with Gasteiger partial charge in [-0.2, -0.15) is 0 Å². The Balaban J connectivity index is 1.93. The lowest BCUT2D eigenvalue weighted by Gasteiger charge is -2.17. The van der Waals surface area contributed by atoms with Crippen molar-refractivity contribution in [3.8, 4) is 11.1 Å². The van der Waals surface area contributed by atoms with Crippen LogP contribution in [0, 0.1) is 0 Å². The molecule has 0 saturated heterocycles. The molecule has 3 aromatic rings. The molecule has 0 aliphatic heterocycles. The lowest BCUT2D eigenvalue weighted by Crippen LogP contribution is -2.16.